The molecule has 0 aliphatic carbocycles. The Balaban J connectivity index is 1.54. The van der Waals surface area contributed by atoms with Gasteiger partial charge >= 0.3 is 29.9 Å². The second-order valence-corrected chi connectivity index (χ2v) is 12.6. The van der Waals surface area contributed by atoms with Gasteiger partial charge in [0.1, 0.15) is 17.2 Å². The van der Waals surface area contributed by atoms with E-state index < -0.39 is 48.7 Å². The van der Waals surface area contributed by atoms with E-state index in [4.69, 9.17) is 4.74 Å². The Labute approximate surface area is 273 Å². The third kappa shape index (κ3) is 8.45. The largest absolute Gasteiger partial charge is 0.508 e. The molecule has 0 saturated carbocycles. The molecule has 0 amide bonds. The van der Waals surface area contributed by atoms with Gasteiger partial charge in [-0.25, -0.2) is 0 Å². The molecule has 3 atom stereocenters. The van der Waals surface area contributed by atoms with Crippen LogP contribution in [-0.2, 0) is 10.2 Å². The van der Waals surface area contributed by atoms with Gasteiger partial charge in [0, 0.05) is 23.8 Å². The first-order valence-corrected chi connectivity index (χ1v) is 16.0. The number of aromatic hydroxyl groups is 2. The molecule has 0 aromatic heterocycles. The number of carbonyl (C=O) groups is 1. The van der Waals surface area contributed by atoms with Gasteiger partial charge < -0.3 is 20.1 Å². The van der Waals surface area contributed by atoms with Crippen molar-refractivity contribution in [3.8, 4) is 17.2 Å². The van der Waals surface area contributed by atoms with Crippen molar-refractivity contribution in [3.05, 3.63) is 53.6 Å². The van der Waals surface area contributed by atoms with Gasteiger partial charge in [0.2, 0.25) is 0 Å². The van der Waals surface area contributed by atoms with Gasteiger partial charge in [-0.05, 0) is 55.0 Å². The average Bonchev–Trinajstić information content (AvgIpc) is 3.00. The Morgan fingerprint density at radius 3 is 2.00 bits per heavy atom. The van der Waals surface area contributed by atoms with Crippen molar-refractivity contribution in [1.29, 1.82) is 0 Å². The summed E-state index contributed by atoms with van der Waals surface area (Å²) in [5.74, 6) is -21.9. The van der Waals surface area contributed by atoms with E-state index in [2.05, 4.69) is 6.92 Å². The molecule has 0 fully saturated rings. The number of hydrogen-bond donors (Lipinski definition) is 3. The molecule has 3 N–H and O–H groups in total. The summed E-state index contributed by atoms with van der Waals surface area (Å²) in [6.07, 6.45) is -4.42. The molecule has 0 spiro atoms. The number of ether oxygens (including phenoxy) is 1. The normalized spacial score (nSPS) is 19.4. The van der Waals surface area contributed by atoms with E-state index in [0.717, 1.165) is 49.7 Å². The number of phenolic OH excluding ortho intramolecular Hbond substituents is 2. The molecule has 0 bridgehead atoms. The summed E-state index contributed by atoms with van der Waals surface area (Å²) in [6.45, 7) is 2.46. The number of hydrogen-bond acceptors (Lipinski definition) is 4. The van der Waals surface area contributed by atoms with Crippen LogP contribution in [0.15, 0.2) is 42.5 Å². The molecule has 0 saturated heterocycles. The van der Waals surface area contributed by atoms with Crippen molar-refractivity contribution in [2.75, 3.05) is 6.61 Å². The SMILES string of the molecule is CCCC1(c2ccc(O)cc2)COc2cc(O)ccc2C1CCCCCCCCC(CCC(F)(F)C(F)(F)C(F)(F)C(F)(F)F)C(=O)O. The van der Waals surface area contributed by atoms with Crippen LogP contribution in [0.25, 0.3) is 0 Å². The molecule has 14 heteroatoms. The average molecular weight is 701 g/mol. The highest BCUT2D eigenvalue weighted by atomic mass is 19.4. The third-order valence-corrected chi connectivity index (χ3v) is 9.32. The Kier molecular flexibility index (Phi) is 12.6. The Bertz CT molecular complexity index is 1350. The van der Waals surface area contributed by atoms with E-state index in [0.29, 0.717) is 25.2 Å². The molecule has 1 heterocycles. The summed E-state index contributed by atoms with van der Waals surface area (Å²) in [5.41, 5.74) is 1.60. The molecule has 1 aliphatic heterocycles. The van der Waals surface area contributed by atoms with E-state index in [-0.39, 0.29) is 35.7 Å². The molecular weight excluding hydrogens is 659 g/mol. The molecule has 2 aromatic carbocycles. The lowest BCUT2D eigenvalue weighted by Crippen LogP contribution is -2.60. The molecule has 3 unspecified atom stereocenters. The zero-order valence-corrected chi connectivity index (χ0v) is 26.4. The number of alkyl halides is 9. The number of halogens is 9. The Hall–Kier alpha value is -3.32. The molecule has 1 aliphatic rings. The van der Waals surface area contributed by atoms with Crippen LogP contribution in [0.5, 0.6) is 17.2 Å². The van der Waals surface area contributed by atoms with E-state index in [1.54, 1.807) is 24.3 Å². The van der Waals surface area contributed by atoms with Gasteiger partial charge in [0.15, 0.2) is 0 Å². The highest BCUT2D eigenvalue weighted by molar-refractivity contribution is 5.69. The van der Waals surface area contributed by atoms with E-state index >= 15 is 0 Å². The van der Waals surface area contributed by atoms with Crippen molar-refractivity contribution < 1.29 is 64.4 Å². The monoisotopic (exact) mass is 700 g/mol. The minimum absolute atomic E-state index is 0.0317. The second kappa shape index (κ2) is 15.5. The maximum atomic E-state index is 13.9. The van der Waals surface area contributed by atoms with Crippen LogP contribution in [-0.4, -0.2) is 51.8 Å². The minimum Gasteiger partial charge on any atom is -0.508 e. The van der Waals surface area contributed by atoms with Crippen LogP contribution in [0.2, 0.25) is 0 Å². The van der Waals surface area contributed by atoms with Gasteiger partial charge in [0.05, 0.1) is 12.5 Å². The first kappa shape index (κ1) is 39.1. The van der Waals surface area contributed by atoms with E-state index in [9.17, 15) is 59.6 Å². The van der Waals surface area contributed by atoms with E-state index in [1.807, 2.05) is 18.2 Å². The van der Waals surface area contributed by atoms with E-state index in [1.165, 1.54) is 0 Å². The topological polar surface area (TPSA) is 87.0 Å². The highest BCUT2D eigenvalue weighted by Crippen LogP contribution is 2.55. The molecule has 0 radical (unpaired) electrons. The van der Waals surface area contributed by atoms with Crippen LogP contribution in [0.4, 0.5) is 39.5 Å². The summed E-state index contributed by atoms with van der Waals surface area (Å²) in [7, 11) is 0. The van der Waals surface area contributed by atoms with Crippen molar-refractivity contribution >= 4 is 5.97 Å². The zero-order valence-electron chi connectivity index (χ0n) is 26.4. The number of carboxylic acid groups (broad SMARTS) is 1. The lowest BCUT2D eigenvalue weighted by atomic mass is 9.62. The Morgan fingerprint density at radius 1 is 0.833 bits per heavy atom. The molecular formula is C34H41F9O5. The zero-order chi connectivity index (χ0) is 36.0. The number of carboxylic acids is 1. The van der Waals surface area contributed by atoms with Crippen LogP contribution >= 0.6 is 0 Å². The molecule has 5 nitrogen and oxygen atoms in total. The lowest BCUT2D eigenvalue weighted by molar-refractivity contribution is -0.396. The molecule has 270 valence electrons. The first-order valence-electron chi connectivity index (χ1n) is 16.0. The predicted octanol–water partition coefficient (Wildman–Crippen LogP) is 10.4. The number of fused-ring (bicyclic) bond motifs is 1. The maximum Gasteiger partial charge on any atom is 0.460 e. The summed E-state index contributed by atoms with van der Waals surface area (Å²) in [4.78, 5) is 11.5. The van der Waals surface area contributed by atoms with Crippen LogP contribution in [0, 0.1) is 5.92 Å². The fraction of sp³-hybridized carbons (Fsp3) is 0.618. The summed E-state index contributed by atoms with van der Waals surface area (Å²) >= 11 is 0. The van der Waals surface area contributed by atoms with Crippen LogP contribution < -0.4 is 4.74 Å². The minimum atomic E-state index is -7.00. The summed E-state index contributed by atoms with van der Waals surface area (Å²) in [6, 6.07) is 12.1. The fourth-order valence-corrected chi connectivity index (χ4v) is 6.65. The standard InChI is InChI=1S/C34H41F9O5/c1-2-18-30(23-11-13-24(44)14-12-23)21-48-28-20-25(45)15-16-26(28)27(30)10-8-6-4-3-5-7-9-22(29(46)47)17-19-31(35,36)32(37,38)33(39,40)34(41,42)43/h11-16,20,22,27,44-45H,2-10,17-19,21H2,1H3,(H,46,47). The predicted molar refractivity (Wildman–Crippen MR) is 159 cm³/mol. The number of phenols is 2. The number of benzene rings is 2. The quantitative estimate of drug-likeness (QED) is 0.106. The fourth-order valence-electron chi connectivity index (χ4n) is 6.65. The van der Waals surface area contributed by atoms with Gasteiger partial charge in [-0.15, -0.1) is 0 Å². The van der Waals surface area contributed by atoms with Gasteiger partial charge in [-0.3, -0.25) is 4.79 Å². The van der Waals surface area contributed by atoms with Crippen LogP contribution in [0.1, 0.15) is 101 Å². The Morgan fingerprint density at radius 2 is 1.42 bits per heavy atom. The lowest BCUT2D eigenvalue weighted by Gasteiger charge is -2.45. The summed E-state index contributed by atoms with van der Waals surface area (Å²) in [5, 5.41) is 29.2. The van der Waals surface area contributed by atoms with Crippen molar-refractivity contribution in [1.82, 2.24) is 0 Å². The van der Waals surface area contributed by atoms with Crippen molar-refractivity contribution in [3.63, 3.8) is 0 Å². The maximum absolute atomic E-state index is 13.9. The van der Waals surface area contributed by atoms with Gasteiger partial charge in [0.25, 0.3) is 0 Å². The molecule has 3 rings (SSSR count). The second-order valence-electron chi connectivity index (χ2n) is 12.6. The highest BCUT2D eigenvalue weighted by Gasteiger charge is 2.81. The number of rotatable bonds is 18. The van der Waals surface area contributed by atoms with Crippen molar-refractivity contribution in [2.45, 2.75) is 119 Å². The van der Waals surface area contributed by atoms with Gasteiger partial charge in [-0.1, -0.05) is 70.1 Å². The van der Waals surface area contributed by atoms with Crippen molar-refractivity contribution in [2.24, 2.45) is 5.92 Å². The number of aliphatic carboxylic acids is 1. The summed E-state index contributed by atoms with van der Waals surface area (Å²) < 4.78 is 124. The molecule has 2 aromatic rings. The third-order valence-electron chi connectivity index (χ3n) is 9.32. The first-order chi connectivity index (χ1) is 22.3. The smallest absolute Gasteiger partial charge is 0.460 e. The van der Waals surface area contributed by atoms with Crippen LogP contribution in [0.3, 0.4) is 0 Å². The molecule has 48 heavy (non-hydrogen) atoms. The van der Waals surface area contributed by atoms with Gasteiger partial charge in [-0.2, -0.15) is 39.5 Å². The number of unbranched alkanes of at least 4 members (excludes halogenated alkanes) is 5.